The molecule has 1 unspecified atom stereocenters. The smallest absolute Gasteiger partial charge is 0.254 e. The molecule has 1 amide bonds. The van der Waals surface area contributed by atoms with E-state index in [9.17, 15) is 4.79 Å². The van der Waals surface area contributed by atoms with Crippen molar-refractivity contribution in [2.24, 2.45) is 5.92 Å². The Morgan fingerprint density at radius 2 is 1.95 bits per heavy atom. The van der Waals surface area contributed by atoms with Crippen LogP contribution in [-0.2, 0) is 6.42 Å². The number of fused-ring (bicyclic) bond motifs is 2. The highest BCUT2D eigenvalue weighted by molar-refractivity contribution is 5.95. The van der Waals surface area contributed by atoms with E-state index < -0.39 is 0 Å². The van der Waals surface area contributed by atoms with Crippen molar-refractivity contribution in [3.8, 4) is 0 Å². The van der Waals surface area contributed by atoms with Crippen LogP contribution in [0.4, 0.5) is 5.69 Å². The van der Waals surface area contributed by atoms with Gasteiger partial charge in [-0.05, 0) is 61.8 Å². The molecule has 3 nitrogen and oxygen atoms in total. The molecule has 1 aromatic rings. The summed E-state index contributed by atoms with van der Waals surface area (Å²) in [5, 5.41) is 3.37. The standard InChI is InChI=1S/C19H26N2O/c22-19(16-8-9-17-15(13-16)10-11-20-17)21-12-4-6-14-5-2-1-3-7-18(14)21/h8-9,13-14,18,20H,1-7,10-12H2/t14-,18?/m1/s1. The quantitative estimate of drug-likeness (QED) is 0.854. The van der Waals surface area contributed by atoms with Gasteiger partial charge in [0.15, 0.2) is 0 Å². The fourth-order valence-electron chi connectivity index (χ4n) is 4.66. The number of carbonyl (C=O) groups excluding carboxylic acids is 1. The molecule has 0 bridgehead atoms. The van der Waals surface area contributed by atoms with Gasteiger partial charge >= 0.3 is 0 Å². The van der Waals surface area contributed by atoms with Crippen molar-refractivity contribution >= 4 is 11.6 Å². The van der Waals surface area contributed by atoms with E-state index >= 15 is 0 Å². The van der Waals surface area contributed by atoms with Crippen molar-refractivity contribution in [1.29, 1.82) is 0 Å². The van der Waals surface area contributed by atoms with E-state index in [0.717, 1.165) is 31.0 Å². The molecule has 1 N–H and O–H groups in total. The van der Waals surface area contributed by atoms with Crippen molar-refractivity contribution in [2.75, 3.05) is 18.4 Å². The predicted molar refractivity (Wildman–Crippen MR) is 89.3 cm³/mol. The molecule has 0 aromatic heterocycles. The Bertz CT molecular complexity index is 569. The maximum Gasteiger partial charge on any atom is 0.254 e. The number of carbonyl (C=O) groups is 1. The van der Waals surface area contributed by atoms with E-state index in [1.165, 1.54) is 56.2 Å². The number of amides is 1. The summed E-state index contributed by atoms with van der Waals surface area (Å²) in [6, 6.07) is 6.72. The van der Waals surface area contributed by atoms with Crippen LogP contribution in [0.5, 0.6) is 0 Å². The molecule has 1 saturated heterocycles. The first-order valence-corrected chi connectivity index (χ1v) is 9.01. The van der Waals surface area contributed by atoms with Crippen LogP contribution in [0.25, 0.3) is 0 Å². The normalized spacial score (nSPS) is 27.5. The number of nitrogens with zero attached hydrogens (tertiary/aromatic N) is 1. The number of anilines is 1. The number of rotatable bonds is 1. The molecule has 22 heavy (non-hydrogen) atoms. The molecule has 118 valence electrons. The van der Waals surface area contributed by atoms with Crippen LogP contribution in [0.15, 0.2) is 18.2 Å². The molecule has 1 aromatic carbocycles. The zero-order valence-electron chi connectivity index (χ0n) is 13.3. The fraction of sp³-hybridized carbons (Fsp3) is 0.632. The van der Waals surface area contributed by atoms with E-state index in [1.54, 1.807) is 0 Å². The Hall–Kier alpha value is -1.51. The van der Waals surface area contributed by atoms with Crippen LogP contribution in [0, 0.1) is 5.92 Å². The zero-order valence-corrected chi connectivity index (χ0v) is 13.3. The van der Waals surface area contributed by atoms with Gasteiger partial charge in [-0.15, -0.1) is 0 Å². The molecule has 0 radical (unpaired) electrons. The highest BCUT2D eigenvalue weighted by Crippen LogP contribution is 2.35. The first-order valence-electron chi connectivity index (χ1n) is 9.01. The average Bonchev–Trinajstić information content (AvgIpc) is 2.89. The number of nitrogens with one attached hydrogen (secondary N) is 1. The van der Waals surface area contributed by atoms with Crippen LogP contribution in [0.3, 0.4) is 0 Å². The third-order valence-electron chi connectivity index (χ3n) is 5.82. The minimum Gasteiger partial charge on any atom is -0.384 e. The summed E-state index contributed by atoms with van der Waals surface area (Å²) in [4.78, 5) is 15.3. The molecule has 2 fully saturated rings. The lowest BCUT2D eigenvalue weighted by atomic mass is 9.85. The maximum atomic E-state index is 13.1. The SMILES string of the molecule is O=C(c1ccc2c(c1)CCN2)N1CCC[C@H]2CCCCCC21. The molecule has 1 aliphatic carbocycles. The second-order valence-corrected chi connectivity index (χ2v) is 7.15. The lowest BCUT2D eigenvalue weighted by molar-refractivity contribution is 0.0479. The van der Waals surface area contributed by atoms with Gasteiger partial charge in [-0.3, -0.25) is 4.79 Å². The molecule has 4 rings (SSSR count). The van der Waals surface area contributed by atoms with Gasteiger partial charge in [0.1, 0.15) is 0 Å². The minimum absolute atomic E-state index is 0.270. The monoisotopic (exact) mass is 298 g/mol. The highest BCUT2D eigenvalue weighted by Gasteiger charge is 2.35. The molecule has 2 atom stereocenters. The number of hydrogen-bond acceptors (Lipinski definition) is 2. The molecule has 1 saturated carbocycles. The van der Waals surface area contributed by atoms with Gasteiger partial charge in [0.05, 0.1) is 0 Å². The third kappa shape index (κ3) is 2.51. The number of benzene rings is 1. The topological polar surface area (TPSA) is 32.3 Å². The largest absolute Gasteiger partial charge is 0.384 e. The average molecular weight is 298 g/mol. The second kappa shape index (κ2) is 5.94. The Balaban J connectivity index is 1.58. The predicted octanol–water partition coefficient (Wildman–Crippen LogP) is 3.84. The lowest BCUT2D eigenvalue weighted by Crippen LogP contribution is -2.48. The van der Waals surface area contributed by atoms with Gasteiger partial charge < -0.3 is 10.2 Å². The molecule has 2 aliphatic heterocycles. The third-order valence-corrected chi connectivity index (χ3v) is 5.82. The van der Waals surface area contributed by atoms with Crippen molar-refractivity contribution in [3.05, 3.63) is 29.3 Å². The van der Waals surface area contributed by atoms with Crippen molar-refractivity contribution in [2.45, 2.75) is 57.4 Å². The van der Waals surface area contributed by atoms with Crippen LogP contribution >= 0.6 is 0 Å². The summed E-state index contributed by atoms with van der Waals surface area (Å²) in [6.45, 7) is 1.96. The van der Waals surface area contributed by atoms with Crippen molar-refractivity contribution < 1.29 is 4.79 Å². The molecule has 0 spiro atoms. The van der Waals surface area contributed by atoms with E-state index in [0.29, 0.717) is 6.04 Å². The molecular weight excluding hydrogens is 272 g/mol. The first kappa shape index (κ1) is 14.1. The van der Waals surface area contributed by atoms with E-state index in [4.69, 9.17) is 0 Å². The second-order valence-electron chi connectivity index (χ2n) is 7.15. The summed E-state index contributed by atoms with van der Waals surface area (Å²) in [6.07, 6.45) is 10.1. The lowest BCUT2D eigenvalue weighted by Gasteiger charge is -2.41. The summed E-state index contributed by atoms with van der Waals surface area (Å²) in [5.74, 6) is 1.02. The van der Waals surface area contributed by atoms with Gasteiger partial charge in [-0.1, -0.05) is 19.3 Å². The molecule has 3 heteroatoms. The zero-order chi connectivity index (χ0) is 14.9. The van der Waals surface area contributed by atoms with Crippen LogP contribution in [0.2, 0.25) is 0 Å². The van der Waals surface area contributed by atoms with Crippen molar-refractivity contribution in [3.63, 3.8) is 0 Å². The van der Waals surface area contributed by atoms with Gasteiger partial charge in [0.25, 0.3) is 5.91 Å². The Labute approximate surface area is 133 Å². The number of hydrogen-bond donors (Lipinski definition) is 1. The maximum absolute atomic E-state index is 13.1. The van der Waals surface area contributed by atoms with Crippen molar-refractivity contribution in [1.82, 2.24) is 4.90 Å². The van der Waals surface area contributed by atoms with Crippen LogP contribution < -0.4 is 5.32 Å². The molecule has 2 heterocycles. The van der Waals surface area contributed by atoms with E-state index in [-0.39, 0.29) is 5.91 Å². The fourth-order valence-corrected chi connectivity index (χ4v) is 4.66. The Morgan fingerprint density at radius 1 is 1.09 bits per heavy atom. The Morgan fingerprint density at radius 3 is 2.91 bits per heavy atom. The number of likely N-dealkylation sites (tertiary alicyclic amines) is 1. The summed E-state index contributed by atoms with van der Waals surface area (Å²) in [5.41, 5.74) is 3.41. The summed E-state index contributed by atoms with van der Waals surface area (Å²) < 4.78 is 0. The molecular formula is C19H26N2O. The van der Waals surface area contributed by atoms with Gasteiger partial charge in [-0.2, -0.15) is 0 Å². The van der Waals surface area contributed by atoms with Gasteiger partial charge in [0.2, 0.25) is 0 Å². The van der Waals surface area contributed by atoms with Gasteiger partial charge in [0, 0.05) is 30.4 Å². The number of piperidine rings is 1. The van der Waals surface area contributed by atoms with E-state index in [2.05, 4.69) is 22.3 Å². The summed E-state index contributed by atoms with van der Waals surface area (Å²) in [7, 11) is 0. The minimum atomic E-state index is 0.270. The highest BCUT2D eigenvalue weighted by atomic mass is 16.2. The van der Waals surface area contributed by atoms with Gasteiger partial charge in [-0.25, -0.2) is 0 Å². The Kier molecular flexibility index (Phi) is 3.81. The first-order chi connectivity index (χ1) is 10.8. The summed E-state index contributed by atoms with van der Waals surface area (Å²) >= 11 is 0. The van der Waals surface area contributed by atoms with E-state index in [1.807, 2.05) is 6.07 Å². The molecule has 3 aliphatic rings. The van der Waals surface area contributed by atoms with Crippen LogP contribution in [-0.4, -0.2) is 29.9 Å². The van der Waals surface area contributed by atoms with Crippen LogP contribution in [0.1, 0.15) is 60.9 Å².